The first-order valence-corrected chi connectivity index (χ1v) is 4.82. The highest BCUT2D eigenvalue weighted by molar-refractivity contribution is 5.89. The molecule has 1 aliphatic heterocycles. The lowest BCUT2D eigenvalue weighted by Gasteiger charge is -2.09. The van der Waals surface area contributed by atoms with E-state index >= 15 is 0 Å². The first kappa shape index (κ1) is 11.0. The summed E-state index contributed by atoms with van der Waals surface area (Å²) in [5.74, 6) is -0.416. The van der Waals surface area contributed by atoms with Crippen molar-refractivity contribution in [2.75, 3.05) is 13.1 Å². The Morgan fingerprint density at radius 2 is 2.50 bits per heavy atom. The minimum Gasteiger partial charge on any atom is -0.393 e. The zero-order chi connectivity index (χ0) is 10.6. The molecule has 1 rings (SSSR count). The molecule has 80 valence electrons. The summed E-state index contributed by atoms with van der Waals surface area (Å²) >= 11 is 0. The molecule has 1 heterocycles. The maximum Gasteiger partial charge on any atom is 0.225 e. The van der Waals surface area contributed by atoms with Crippen LogP contribution in [0.3, 0.4) is 0 Å². The Bertz CT molecular complexity index is 228. The zero-order valence-electron chi connectivity index (χ0n) is 8.25. The maximum absolute atomic E-state index is 11.4. The minimum absolute atomic E-state index is 0.0688. The van der Waals surface area contributed by atoms with Gasteiger partial charge in [0.15, 0.2) is 0 Å². The fraction of sp³-hybridized carbons (Fsp3) is 0.778. The van der Waals surface area contributed by atoms with Crippen molar-refractivity contribution in [1.29, 1.82) is 0 Å². The third-order valence-electron chi connectivity index (χ3n) is 2.21. The summed E-state index contributed by atoms with van der Waals surface area (Å²) < 4.78 is 0. The number of aliphatic hydroxyl groups excluding tert-OH is 1. The van der Waals surface area contributed by atoms with Crippen molar-refractivity contribution in [1.82, 2.24) is 10.6 Å². The second kappa shape index (κ2) is 4.95. The van der Waals surface area contributed by atoms with E-state index in [4.69, 9.17) is 5.11 Å². The van der Waals surface area contributed by atoms with Crippen molar-refractivity contribution in [3.63, 3.8) is 0 Å². The summed E-state index contributed by atoms with van der Waals surface area (Å²) in [6.07, 6.45) is 0.416. The van der Waals surface area contributed by atoms with Crippen LogP contribution in [0.1, 0.15) is 19.8 Å². The van der Waals surface area contributed by atoms with Crippen LogP contribution in [0.5, 0.6) is 0 Å². The molecule has 5 heteroatoms. The SMILES string of the molecule is CC(O)CCNC(=O)C1CNC(=O)C1. The molecular weight excluding hydrogens is 184 g/mol. The van der Waals surface area contributed by atoms with Gasteiger partial charge >= 0.3 is 0 Å². The van der Waals surface area contributed by atoms with Crippen molar-refractivity contribution in [3.8, 4) is 0 Å². The number of aliphatic hydroxyl groups is 1. The van der Waals surface area contributed by atoms with Gasteiger partial charge in [-0.2, -0.15) is 0 Å². The number of nitrogens with one attached hydrogen (secondary N) is 2. The van der Waals surface area contributed by atoms with Crippen LogP contribution in [0.25, 0.3) is 0 Å². The molecule has 2 amide bonds. The van der Waals surface area contributed by atoms with E-state index < -0.39 is 6.10 Å². The molecule has 1 aliphatic rings. The van der Waals surface area contributed by atoms with E-state index in [-0.39, 0.29) is 24.2 Å². The molecule has 0 aromatic carbocycles. The third kappa shape index (κ3) is 3.33. The number of hydrogen-bond acceptors (Lipinski definition) is 3. The highest BCUT2D eigenvalue weighted by Gasteiger charge is 2.27. The highest BCUT2D eigenvalue weighted by atomic mass is 16.3. The van der Waals surface area contributed by atoms with Gasteiger partial charge in [-0.05, 0) is 13.3 Å². The van der Waals surface area contributed by atoms with Gasteiger partial charge in [-0.15, -0.1) is 0 Å². The monoisotopic (exact) mass is 200 g/mol. The van der Waals surface area contributed by atoms with Crippen molar-refractivity contribution in [2.45, 2.75) is 25.9 Å². The van der Waals surface area contributed by atoms with E-state index in [1.807, 2.05) is 0 Å². The molecular formula is C9H16N2O3. The van der Waals surface area contributed by atoms with E-state index in [0.29, 0.717) is 19.5 Å². The maximum atomic E-state index is 11.4. The lowest BCUT2D eigenvalue weighted by Crippen LogP contribution is -2.33. The fourth-order valence-electron chi connectivity index (χ4n) is 1.34. The normalized spacial score (nSPS) is 23.0. The van der Waals surface area contributed by atoms with Crippen molar-refractivity contribution < 1.29 is 14.7 Å². The Labute approximate surface area is 82.9 Å². The van der Waals surface area contributed by atoms with E-state index in [1.54, 1.807) is 6.92 Å². The standard InChI is InChI=1S/C9H16N2O3/c1-6(12)2-3-10-9(14)7-4-8(13)11-5-7/h6-7,12H,2-5H2,1H3,(H,10,14)(H,11,13). The van der Waals surface area contributed by atoms with Crippen LogP contribution < -0.4 is 10.6 Å². The van der Waals surface area contributed by atoms with E-state index in [2.05, 4.69) is 10.6 Å². The topological polar surface area (TPSA) is 78.4 Å². The molecule has 5 nitrogen and oxygen atoms in total. The van der Waals surface area contributed by atoms with Gasteiger partial charge in [0, 0.05) is 19.5 Å². The Morgan fingerprint density at radius 1 is 1.79 bits per heavy atom. The van der Waals surface area contributed by atoms with Crippen LogP contribution >= 0.6 is 0 Å². The Morgan fingerprint density at radius 3 is 3.00 bits per heavy atom. The van der Waals surface area contributed by atoms with Gasteiger partial charge in [-0.1, -0.05) is 0 Å². The quantitative estimate of drug-likeness (QED) is 0.545. The van der Waals surface area contributed by atoms with Gasteiger partial charge in [0.05, 0.1) is 12.0 Å². The summed E-state index contributed by atoms with van der Waals surface area (Å²) in [6.45, 7) is 2.56. The molecule has 2 atom stereocenters. The van der Waals surface area contributed by atoms with Crippen LogP contribution in [0.15, 0.2) is 0 Å². The van der Waals surface area contributed by atoms with Crippen LogP contribution in [0.4, 0.5) is 0 Å². The van der Waals surface area contributed by atoms with Crippen LogP contribution in [0, 0.1) is 5.92 Å². The van der Waals surface area contributed by atoms with Crippen LogP contribution in [0.2, 0.25) is 0 Å². The lowest BCUT2D eigenvalue weighted by atomic mass is 10.1. The van der Waals surface area contributed by atoms with Gasteiger partial charge in [0.1, 0.15) is 0 Å². The van der Waals surface area contributed by atoms with Crippen LogP contribution in [-0.2, 0) is 9.59 Å². The van der Waals surface area contributed by atoms with E-state index in [0.717, 1.165) is 0 Å². The summed E-state index contributed by atoms with van der Waals surface area (Å²) in [5, 5.41) is 14.2. The third-order valence-corrected chi connectivity index (χ3v) is 2.21. The lowest BCUT2D eigenvalue weighted by molar-refractivity contribution is -0.126. The van der Waals surface area contributed by atoms with Crippen molar-refractivity contribution in [2.24, 2.45) is 5.92 Å². The molecule has 0 saturated carbocycles. The number of carbonyl (C=O) groups excluding carboxylic acids is 2. The highest BCUT2D eigenvalue weighted by Crippen LogP contribution is 2.08. The van der Waals surface area contributed by atoms with E-state index in [1.165, 1.54) is 0 Å². The minimum atomic E-state index is -0.404. The van der Waals surface area contributed by atoms with E-state index in [9.17, 15) is 9.59 Å². The Hall–Kier alpha value is -1.10. The summed E-state index contributed by atoms with van der Waals surface area (Å²) in [5.41, 5.74) is 0. The molecule has 0 aromatic heterocycles. The molecule has 0 spiro atoms. The second-order valence-electron chi connectivity index (χ2n) is 3.63. The van der Waals surface area contributed by atoms with Gasteiger partial charge in [0.25, 0.3) is 0 Å². The fourth-order valence-corrected chi connectivity index (χ4v) is 1.34. The predicted octanol–water partition coefficient (Wildman–Crippen LogP) is -0.990. The molecule has 0 radical (unpaired) electrons. The summed E-state index contributed by atoms with van der Waals surface area (Å²) in [7, 11) is 0. The molecule has 3 N–H and O–H groups in total. The smallest absolute Gasteiger partial charge is 0.225 e. The zero-order valence-corrected chi connectivity index (χ0v) is 8.25. The first-order valence-electron chi connectivity index (χ1n) is 4.82. The van der Waals surface area contributed by atoms with Crippen molar-refractivity contribution >= 4 is 11.8 Å². The number of hydrogen-bond donors (Lipinski definition) is 3. The summed E-state index contributed by atoms with van der Waals surface area (Å²) in [6, 6.07) is 0. The van der Waals surface area contributed by atoms with Gasteiger partial charge in [-0.25, -0.2) is 0 Å². The Balaban J connectivity index is 2.18. The number of carbonyl (C=O) groups is 2. The number of rotatable bonds is 4. The largest absolute Gasteiger partial charge is 0.393 e. The van der Waals surface area contributed by atoms with Gasteiger partial charge < -0.3 is 15.7 Å². The Kier molecular flexibility index (Phi) is 3.88. The van der Waals surface area contributed by atoms with Gasteiger partial charge in [0.2, 0.25) is 11.8 Å². The average molecular weight is 200 g/mol. The molecule has 1 saturated heterocycles. The first-order chi connectivity index (χ1) is 6.59. The molecule has 2 unspecified atom stereocenters. The predicted molar refractivity (Wildman–Crippen MR) is 50.4 cm³/mol. The average Bonchev–Trinajstić information content (AvgIpc) is 2.51. The molecule has 0 aromatic rings. The molecule has 0 bridgehead atoms. The van der Waals surface area contributed by atoms with Crippen LogP contribution in [-0.4, -0.2) is 36.1 Å². The molecule has 0 aliphatic carbocycles. The summed E-state index contributed by atoms with van der Waals surface area (Å²) in [4.78, 5) is 22.2. The molecule has 14 heavy (non-hydrogen) atoms. The molecule has 1 fully saturated rings. The second-order valence-corrected chi connectivity index (χ2v) is 3.63. The number of amides is 2. The van der Waals surface area contributed by atoms with Crippen molar-refractivity contribution in [3.05, 3.63) is 0 Å². The van der Waals surface area contributed by atoms with Gasteiger partial charge in [-0.3, -0.25) is 9.59 Å².